The number of halogens is 1. The van der Waals surface area contributed by atoms with Crippen LogP contribution < -0.4 is 5.73 Å². The van der Waals surface area contributed by atoms with Gasteiger partial charge in [-0.2, -0.15) is 0 Å². The molecule has 0 saturated heterocycles. The van der Waals surface area contributed by atoms with Crippen LogP contribution in [0.1, 0.15) is 31.7 Å². The fourth-order valence-electron chi connectivity index (χ4n) is 3.32. The minimum Gasteiger partial charge on any atom is -0.328 e. The zero-order valence-electron chi connectivity index (χ0n) is 11.5. The van der Waals surface area contributed by atoms with Crippen molar-refractivity contribution in [1.82, 2.24) is 9.55 Å². The van der Waals surface area contributed by atoms with Gasteiger partial charge in [-0.05, 0) is 30.9 Å². The zero-order valence-corrected chi connectivity index (χ0v) is 12.3. The Balaban J connectivity index is 1.96. The molecule has 1 aromatic carbocycles. The SMILES string of the molecule is NCC(C1CCCC1)n1cncc1-c1cccc(Cl)c1. The molecule has 1 heterocycles. The second kappa shape index (κ2) is 5.98. The molecule has 1 saturated carbocycles. The lowest BCUT2D eigenvalue weighted by Gasteiger charge is -2.25. The monoisotopic (exact) mass is 289 g/mol. The Hall–Kier alpha value is -1.32. The average Bonchev–Trinajstić information content (AvgIpc) is 3.11. The summed E-state index contributed by atoms with van der Waals surface area (Å²) in [7, 11) is 0. The third-order valence-corrected chi connectivity index (χ3v) is 4.56. The topological polar surface area (TPSA) is 43.8 Å². The van der Waals surface area contributed by atoms with E-state index in [0.29, 0.717) is 18.5 Å². The molecule has 4 heteroatoms. The number of aromatic nitrogens is 2. The van der Waals surface area contributed by atoms with Crippen LogP contribution in [0.2, 0.25) is 5.02 Å². The van der Waals surface area contributed by atoms with Crippen molar-refractivity contribution in [2.45, 2.75) is 31.7 Å². The Morgan fingerprint density at radius 2 is 2.15 bits per heavy atom. The molecular formula is C16H20ClN3. The summed E-state index contributed by atoms with van der Waals surface area (Å²) >= 11 is 6.10. The van der Waals surface area contributed by atoms with Crippen LogP contribution in [0, 0.1) is 5.92 Å². The minimum absolute atomic E-state index is 0.342. The Bertz CT molecular complexity index is 573. The van der Waals surface area contributed by atoms with Crippen molar-refractivity contribution in [1.29, 1.82) is 0 Å². The fourth-order valence-corrected chi connectivity index (χ4v) is 3.51. The third kappa shape index (κ3) is 2.60. The fraction of sp³-hybridized carbons (Fsp3) is 0.438. The maximum absolute atomic E-state index is 6.10. The summed E-state index contributed by atoms with van der Waals surface area (Å²) in [5, 5.41) is 0.750. The van der Waals surface area contributed by atoms with Gasteiger partial charge in [0.1, 0.15) is 0 Å². The van der Waals surface area contributed by atoms with E-state index >= 15 is 0 Å². The summed E-state index contributed by atoms with van der Waals surface area (Å²) in [4.78, 5) is 4.33. The van der Waals surface area contributed by atoms with E-state index in [2.05, 4.69) is 15.6 Å². The lowest BCUT2D eigenvalue weighted by molar-refractivity contribution is 0.344. The van der Waals surface area contributed by atoms with Gasteiger partial charge in [0.2, 0.25) is 0 Å². The molecule has 2 aromatic rings. The van der Waals surface area contributed by atoms with E-state index in [1.54, 1.807) is 0 Å². The maximum Gasteiger partial charge on any atom is 0.0954 e. The van der Waals surface area contributed by atoms with Gasteiger partial charge in [-0.25, -0.2) is 4.98 Å². The van der Waals surface area contributed by atoms with Crippen LogP contribution >= 0.6 is 11.6 Å². The molecule has 1 aliphatic rings. The molecule has 1 aromatic heterocycles. The van der Waals surface area contributed by atoms with Gasteiger partial charge >= 0.3 is 0 Å². The molecule has 106 valence electrons. The van der Waals surface area contributed by atoms with Crippen molar-refractivity contribution in [2.24, 2.45) is 11.7 Å². The normalized spacial score (nSPS) is 17.5. The second-order valence-corrected chi connectivity index (χ2v) is 5.98. The lowest BCUT2D eigenvalue weighted by Crippen LogP contribution is -2.25. The maximum atomic E-state index is 6.10. The Kier molecular flexibility index (Phi) is 4.08. The van der Waals surface area contributed by atoms with Crippen molar-refractivity contribution in [3.05, 3.63) is 41.8 Å². The van der Waals surface area contributed by atoms with Crippen LogP contribution in [-0.4, -0.2) is 16.1 Å². The van der Waals surface area contributed by atoms with Gasteiger partial charge < -0.3 is 10.3 Å². The smallest absolute Gasteiger partial charge is 0.0954 e. The van der Waals surface area contributed by atoms with Crippen LogP contribution in [0.15, 0.2) is 36.8 Å². The van der Waals surface area contributed by atoms with E-state index in [-0.39, 0.29) is 0 Å². The van der Waals surface area contributed by atoms with E-state index in [9.17, 15) is 0 Å². The van der Waals surface area contributed by atoms with Crippen molar-refractivity contribution >= 4 is 11.6 Å². The zero-order chi connectivity index (χ0) is 13.9. The molecule has 3 nitrogen and oxygen atoms in total. The van der Waals surface area contributed by atoms with Gasteiger partial charge in [-0.1, -0.05) is 36.6 Å². The first-order valence-corrected chi connectivity index (χ1v) is 7.65. The van der Waals surface area contributed by atoms with E-state index in [4.69, 9.17) is 17.3 Å². The molecule has 1 atom stereocenters. The first-order chi connectivity index (χ1) is 9.79. The second-order valence-electron chi connectivity index (χ2n) is 5.54. The summed E-state index contributed by atoms with van der Waals surface area (Å²) in [6.07, 6.45) is 9.00. The molecule has 0 spiro atoms. The highest BCUT2D eigenvalue weighted by molar-refractivity contribution is 6.30. The Labute approximate surface area is 124 Å². The first kappa shape index (κ1) is 13.7. The van der Waals surface area contributed by atoms with E-state index < -0.39 is 0 Å². The standard InChI is InChI=1S/C16H20ClN3/c17-14-7-3-6-13(8-14)16-10-19-11-20(16)15(9-18)12-4-1-2-5-12/h3,6-8,10-12,15H,1-2,4-5,9,18H2. The third-order valence-electron chi connectivity index (χ3n) is 4.33. The highest BCUT2D eigenvalue weighted by Crippen LogP contribution is 2.36. The number of benzene rings is 1. The van der Waals surface area contributed by atoms with E-state index in [1.807, 2.05) is 30.7 Å². The molecule has 1 aliphatic carbocycles. The van der Waals surface area contributed by atoms with Crippen molar-refractivity contribution in [3.63, 3.8) is 0 Å². The van der Waals surface area contributed by atoms with Crippen molar-refractivity contribution < 1.29 is 0 Å². The number of imidazole rings is 1. The molecule has 0 aliphatic heterocycles. The molecule has 0 radical (unpaired) electrons. The largest absolute Gasteiger partial charge is 0.328 e. The number of nitrogens with zero attached hydrogens (tertiary/aromatic N) is 2. The number of hydrogen-bond donors (Lipinski definition) is 1. The molecule has 3 rings (SSSR count). The number of rotatable bonds is 4. The Morgan fingerprint density at radius 1 is 1.35 bits per heavy atom. The highest BCUT2D eigenvalue weighted by atomic mass is 35.5. The summed E-state index contributed by atoms with van der Waals surface area (Å²) in [6, 6.07) is 8.26. The summed E-state index contributed by atoms with van der Waals surface area (Å²) in [5.41, 5.74) is 8.26. The summed E-state index contributed by atoms with van der Waals surface area (Å²) in [6.45, 7) is 0.661. The van der Waals surface area contributed by atoms with Gasteiger partial charge in [-0.3, -0.25) is 0 Å². The first-order valence-electron chi connectivity index (χ1n) is 7.27. The Morgan fingerprint density at radius 3 is 2.85 bits per heavy atom. The number of nitrogens with two attached hydrogens (primary N) is 1. The number of hydrogen-bond acceptors (Lipinski definition) is 2. The van der Waals surface area contributed by atoms with Crippen LogP contribution in [0.25, 0.3) is 11.3 Å². The van der Waals surface area contributed by atoms with Crippen LogP contribution in [0.3, 0.4) is 0 Å². The predicted octanol–water partition coefficient (Wildman–Crippen LogP) is 3.89. The summed E-state index contributed by atoms with van der Waals surface area (Å²) < 4.78 is 2.24. The van der Waals surface area contributed by atoms with E-state index in [1.165, 1.54) is 25.7 Å². The average molecular weight is 290 g/mol. The van der Waals surface area contributed by atoms with Gasteiger partial charge in [0.25, 0.3) is 0 Å². The van der Waals surface area contributed by atoms with Crippen molar-refractivity contribution in [2.75, 3.05) is 6.54 Å². The molecule has 0 amide bonds. The molecule has 1 fully saturated rings. The predicted molar refractivity (Wildman–Crippen MR) is 82.7 cm³/mol. The van der Waals surface area contributed by atoms with Crippen molar-refractivity contribution in [3.8, 4) is 11.3 Å². The molecule has 20 heavy (non-hydrogen) atoms. The minimum atomic E-state index is 0.342. The quantitative estimate of drug-likeness (QED) is 0.928. The molecular weight excluding hydrogens is 270 g/mol. The molecule has 0 bridgehead atoms. The molecule has 2 N–H and O–H groups in total. The van der Waals surface area contributed by atoms with Crippen LogP contribution in [0.4, 0.5) is 0 Å². The highest BCUT2D eigenvalue weighted by Gasteiger charge is 2.26. The lowest BCUT2D eigenvalue weighted by atomic mass is 9.97. The van der Waals surface area contributed by atoms with Crippen LogP contribution in [-0.2, 0) is 0 Å². The van der Waals surface area contributed by atoms with Gasteiger partial charge in [0.05, 0.1) is 24.3 Å². The van der Waals surface area contributed by atoms with Gasteiger partial charge in [-0.15, -0.1) is 0 Å². The van der Waals surface area contributed by atoms with Gasteiger partial charge in [0, 0.05) is 17.1 Å². The summed E-state index contributed by atoms with van der Waals surface area (Å²) in [5.74, 6) is 0.673. The van der Waals surface area contributed by atoms with Gasteiger partial charge in [0.15, 0.2) is 0 Å². The van der Waals surface area contributed by atoms with Crippen LogP contribution in [0.5, 0.6) is 0 Å². The molecule has 1 unspecified atom stereocenters. The van der Waals surface area contributed by atoms with E-state index in [0.717, 1.165) is 16.3 Å².